The Labute approximate surface area is 212 Å². The molecule has 11 heteroatoms. The number of thioether (sulfide) groups is 1. The predicted octanol–water partition coefficient (Wildman–Crippen LogP) is 5.01. The molecule has 0 saturated carbocycles. The predicted molar refractivity (Wildman–Crippen MR) is 136 cm³/mol. The first-order chi connectivity index (χ1) is 17.0. The van der Waals surface area contributed by atoms with Gasteiger partial charge in [-0.3, -0.25) is 14.7 Å². The van der Waals surface area contributed by atoms with Crippen LogP contribution in [-0.2, 0) is 5.75 Å². The van der Waals surface area contributed by atoms with E-state index in [0.717, 1.165) is 5.56 Å². The van der Waals surface area contributed by atoms with E-state index in [-0.39, 0.29) is 17.3 Å². The number of rotatable bonds is 8. The Bertz CT molecular complexity index is 1360. The third-order valence-corrected chi connectivity index (χ3v) is 6.10. The summed E-state index contributed by atoms with van der Waals surface area (Å²) in [6.07, 6.45) is 2.90. The van der Waals surface area contributed by atoms with Gasteiger partial charge < -0.3 is 5.32 Å². The van der Waals surface area contributed by atoms with Crippen molar-refractivity contribution in [3.8, 4) is 0 Å². The average molecular weight is 553 g/mol. The summed E-state index contributed by atoms with van der Waals surface area (Å²) in [5, 5.41) is 14.0. The van der Waals surface area contributed by atoms with Crippen LogP contribution in [0.2, 0.25) is 0 Å². The van der Waals surface area contributed by atoms with Gasteiger partial charge in [0.05, 0.1) is 17.5 Å². The van der Waals surface area contributed by atoms with Gasteiger partial charge in [0.1, 0.15) is 12.1 Å². The van der Waals surface area contributed by atoms with Crippen LogP contribution in [-0.4, -0.2) is 33.2 Å². The van der Waals surface area contributed by atoms with Crippen LogP contribution < -0.4 is 10.7 Å². The van der Waals surface area contributed by atoms with E-state index in [1.807, 2.05) is 6.07 Å². The fourth-order valence-electron chi connectivity index (χ4n) is 3.00. The molecular formula is C24H18BrFN6O2S. The number of nitrogens with zero attached hydrogens (tertiary/aromatic N) is 3. The highest BCUT2D eigenvalue weighted by Gasteiger charge is 2.15. The molecule has 0 aliphatic carbocycles. The lowest BCUT2D eigenvalue weighted by Crippen LogP contribution is -2.21. The molecule has 176 valence electrons. The largest absolute Gasteiger partial charge is 0.321 e. The number of amides is 2. The minimum atomic E-state index is -0.517. The Morgan fingerprint density at radius 1 is 1.09 bits per heavy atom. The SMILES string of the molecule is O=C(Nc1ccc(Br)cc1C(=O)N/N=C/c1ccc(F)cc1)c1cccc(CSc2nc[nH]n2)c1. The van der Waals surface area contributed by atoms with E-state index < -0.39 is 5.91 Å². The molecule has 3 aromatic carbocycles. The van der Waals surface area contributed by atoms with E-state index in [1.165, 1.54) is 48.6 Å². The molecule has 3 N–H and O–H groups in total. The molecular weight excluding hydrogens is 535 g/mol. The summed E-state index contributed by atoms with van der Waals surface area (Å²) in [5.74, 6) is -0.644. The van der Waals surface area contributed by atoms with Crippen molar-refractivity contribution in [2.45, 2.75) is 10.9 Å². The first kappa shape index (κ1) is 24.3. The van der Waals surface area contributed by atoms with Gasteiger partial charge in [0.2, 0.25) is 5.16 Å². The second-order valence-corrected chi connectivity index (χ2v) is 9.02. The van der Waals surface area contributed by atoms with Gasteiger partial charge in [-0.05, 0) is 53.6 Å². The number of hydrogen-bond acceptors (Lipinski definition) is 6. The highest BCUT2D eigenvalue weighted by Crippen LogP contribution is 2.23. The average Bonchev–Trinajstić information content (AvgIpc) is 3.39. The fourth-order valence-corrected chi connectivity index (χ4v) is 4.08. The van der Waals surface area contributed by atoms with Crippen LogP contribution in [0.25, 0.3) is 0 Å². The number of aromatic amines is 1. The van der Waals surface area contributed by atoms with Crippen LogP contribution in [0.3, 0.4) is 0 Å². The van der Waals surface area contributed by atoms with E-state index in [9.17, 15) is 14.0 Å². The van der Waals surface area contributed by atoms with Crippen LogP contribution >= 0.6 is 27.7 Å². The summed E-state index contributed by atoms with van der Waals surface area (Å²) in [7, 11) is 0. The molecule has 2 amide bonds. The van der Waals surface area contributed by atoms with Crippen molar-refractivity contribution >= 4 is 51.4 Å². The smallest absolute Gasteiger partial charge is 0.273 e. The molecule has 0 fully saturated rings. The molecule has 0 atom stereocenters. The lowest BCUT2D eigenvalue weighted by Gasteiger charge is -2.11. The number of benzene rings is 3. The van der Waals surface area contributed by atoms with Gasteiger partial charge in [0.15, 0.2) is 0 Å². The summed E-state index contributed by atoms with van der Waals surface area (Å²) in [5.41, 5.74) is 4.97. The van der Waals surface area contributed by atoms with Crippen LogP contribution in [0.5, 0.6) is 0 Å². The first-order valence-corrected chi connectivity index (χ1v) is 12.0. The van der Waals surface area contributed by atoms with Crippen molar-refractivity contribution in [1.82, 2.24) is 20.6 Å². The number of halogens is 2. The third-order valence-electron chi connectivity index (χ3n) is 4.67. The molecule has 4 aromatic rings. The van der Waals surface area contributed by atoms with E-state index >= 15 is 0 Å². The second-order valence-electron chi connectivity index (χ2n) is 7.17. The summed E-state index contributed by atoms with van der Waals surface area (Å²) < 4.78 is 13.7. The van der Waals surface area contributed by atoms with E-state index in [4.69, 9.17) is 0 Å². The van der Waals surface area contributed by atoms with Crippen LogP contribution in [0.1, 0.15) is 31.8 Å². The molecule has 0 radical (unpaired) electrons. The maximum absolute atomic E-state index is 13.0. The minimum Gasteiger partial charge on any atom is -0.321 e. The zero-order chi connectivity index (χ0) is 24.6. The lowest BCUT2D eigenvalue weighted by atomic mass is 10.1. The van der Waals surface area contributed by atoms with Crippen molar-refractivity contribution in [2.75, 3.05) is 5.32 Å². The second kappa shape index (κ2) is 11.5. The molecule has 0 unspecified atom stereocenters. The zero-order valence-corrected chi connectivity index (χ0v) is 20.4. The van der Waals surface area contributed by atoms with Gasteiger partial charge in [-0.25, -0.2) is 14.8 Å². The molecule has 4 rings (SSSR count). The normalized spacial score (nSPS) is 10.9. The number of hydrazone groups is 1. The minimum absolute atomic E-state index is 0.222. The maximum Gasteiger partial charge on any atom is 0.273 e. The molecule has 0 saturated heterocycles. The Morgan fingerprint density at radius 3 is 2.69 bits per heavy atom. The summed E-state index contributed by atoms with van der Waals surface area (Å²) in [6, 6.07) is 17.8. The maximum atomic E-state index is 13.0. The van der Waals surface area contributed by atoms with E-state index in [0.29, 0.717) is 32.2 Å². The zero-order valence-electron chi connectivity index (χ0n) is 18.0. The number of H-pyrrole nitrogens is 1. The fraction of sp³-hybridized carbons (Fsp3) is 0.0417. The molecule has 1 heterocycles. The topological polar surface area (TPSA) is 112 Å². The van der Waals surface area contributed by atoms with Gasteiger partial charge in [0.25, 0.3) is 11.8 Å². The number of hydrogen-bond donors (Lipinski definition) is 3. The van der Waals surface area contributed by atoms with Crippen molar-refractivity contribution in [2.24, 2.45) is 5.10 Å². The number of anilines is 1. The quantitative estimate of drug-likeness (QED) is 0.161. The summed E-state index contributed by atoms with van der Waals surface area (Å²) in [6.45, 7) is 0. The summed E-state index contributed by atoms with van der Waals surface area (Å²) >= 11 is 4.79. The van der Waals surface area contributed by atoms with Crippen molar-refractivity contribution in [3.05, 3.63) is 106 Å². The Kier molecular flexibility index (Phi) is 8.01. The standard InChI is InChI=1S/C24H18BrFN6O2S/c25-18-6-9-21(20(11-18)23(34)31-28-12-15-4-7-19(26)8-5-15)30-22(33)17-3-1-2-16(10-17)13-35-24-27-14-29-32-24/h1-12,14H,13H2,(H,30,33)(H,31,34)(H,27,29,32)/b28-12+. The number of carbonyl (C=O) groups excluding carboxylic acids is 2. The molecule has 0 aliphatic heterocycles. The Balaban J connectivity index is 1.44. The van der Waals surface area contributed by atoms with Gasteiger partial charge in [0, 0.05) is 15.8 Å². The van der Waals surface area contributed by atoms with Crippen LogP contribution in [0.15, 0.2) is 87.8 Å². The molecule has 1 aromatic heterocycles. The highest BCUT2D eigenvalue weighted by atomic mass is 79.9. The van der Waals surface area contributed by atoms with Crippen LogP contribution in [0.4, 0.5) is 10.1 Å². The number of nitrogens with one attached hydrogen (secondary N) is 3. The molecule has 0 spiro atoms. The Morgan fingerprint density at radius 2 is 1.91 bits per heavy atom. The molecule has 8 nitrogen and oxygen atoms in total. The van der Waals surface area contributed by atoms with Gasteiger partial charge in [-0.2, -0.15) is 5.10 Å². The van der Waals surface area contributed by atoms with Crippen LogP contribution in [0, 0.1) is 5.82 Å². The Hall–Kier alpha value is -3.83. The van der Waals surface area contributed by atoms with Crippen molar-refractivity contribution in [1.29, 1.82) is 0 Å². The summed E-state index contributed by atoms with van der Waals surface area (Å²) in [4.78, 5) is 29.8. The van der Waals surface area contributed by atoms with E-state index in [1.54, 1.807) is 36.4 Å². The molecule has 0 bridgehead atoms. The first-order valence-electron chi connectivity index (χ1n) is 10.3. The molecule has 0 aliphatic rings. The van der Waals surface area contributed by atoms with Crippen molar-refractivity contribution in [3.63, 3.8) is 0 Å². The van der Waals surface area contributed by atoms with Gasteiger partial charge in [-0.15, -0.1) is 5.10 Å². The van der Waals surface area contributed by atoms with Crippen molar-refractivity contribution < 1.29 is 14.0 Å². The van der Waals surface area contributed by atoms with Gasteiger partial charge in [-0.1, -0.05) is 52.0 Å². The number of aromatic nitrogens is 3. The number of carbonyl (C=O) groups is 2. The van der Waals surface area contributed by atoms with E-state index in [2.05, 4.69) is 47.0 Å². The highest BCUT2D eigenvalue weighted by molar-refractivity contribution is 9.10. The molecule has 35 heavy (non-hydrogen) atoms. The third kappa shape index (κ3) is 6.84. The van der Waals surface area contributed by atoms with Gasteiger partial charge >= 0.3 is 0 Å². The lowest BCUT2D eigenvalue weighted by molar-refractivity contribution is 0.0956. The monoisotopic (exact) mass is 552 g/mol.